The maximum absolute atomic E-state index is 12.0. The van der Waals surface area contributed by atoms with Gasteiger partial charge in [0.25, 0.3) is 0 Å². The Morgan fingerprint density at radius 3 is 2.62 bits per heavy atom. The molecule has 0 bridgehead atoms. The number of piperidine rings is 1. The third-order valence-electron chi connectivity index (χ3n) is 9.11. The Kier molecular flexibility index (Phi) is 4.69. The molecule has 1 N–H and O–H groups in total. The molecule has 8 atom stereocenters. The minimum Gasteiger partial charge on any atom is -0.375 e. The van der Waals surface area contributed by atoms with Gasteiger partial charge in [-0.15, -0.1) is 0 Å². The van der Waals surface area contributed by atoms with Crippen LogP contribution < -0.4 is 5.32 Å². The molecule has 3 saturated carbocycles. The summed E-state index contributed by atoms with van der Waals surface area (Å²) < 4.78 is 6.48. The number of hydrogen-bond donors (Lipinski definition) is 1. The first kappa shape index (κ1) is 18.8. The molecule has 0 aromatic heterocycles. The summed E-state index contributed by atoms with van der Waals surface area (Å²) in [6, 6.07) is 0.415. The van der Waals surface area contributed by atoms with Crippen LogP contribution in [0.3, 0.4) is 0 Å². The second-order valence-electron chi connectivity index (χ2n) is 10.6. The molecule has 2 unspecified atom stereocenters. The Bertz CT molecular complexity index is 560. The quantitative estimate of drug-likeness (QED) is 0.773. The standard InChI is InChI=1S/C23H39NO2/c1-6-15-13-19(26-14(2)3)23(5)11-9-17-16(21(15)23)7-8-18-22(17,4)12-10-20(25)24-18/h14-19,21H,6-13H2,1-5H3,(H,24,25)/t15?,16-,17+,18-,19?,21+,22-,23-/m1/s1. The molecule has 1 heterocycles. The molecule has 26 heavy (non-hydrogen) atoms. The largest absolute Gasteiger partial charge is 0.375 e. The first-order valence-electron chi connectivity index (χ1n) is 11.2. The summed E-state index contributed by atoms with van der Waals surface area (Å²) in [5, 5.41) is 3.36. The molecule has 0 aromatic rings. The lowest BCUT2D eigenvalue weighted by Crippen LogP contribution is -2.61. The number of rotatable bonds is 3. The molecule has 0 spiro atoms. The molecule has 1 aliphatic heterocycles. The van der Waals surface area contributed by atoms with E-state index in [2.05, 4.69) is 39.9 Å². The monoisotopic (exact) mass is 361 g/mol. The fraction of sp³-hybridized carbons (Fsp3) is 0.957. The van der Waals surface area contributed by atoms with Crippen LogP contribution in [0.5, 0.6) is 0 Å². The van der Waals surface area contributed by atoms with Gasteiger partial charge in [-0.25, -0.2) is 0 Å². The molecule has 4 aliphatic rings. The minimum atomic E-state index is 0.282. The van der Waals surface area contributed by atoms with E-state index in [4.69, 9.17) is 4.74 Å². The number of carbonyl (C=O) groups excluding carboxylic acids is 1. The van der Waals surface area contributed by atoms with Crippen LogP contribution in [0.4, 0.5) is 0 Å². The van der Waals surface area contributed by atoms with Crippen LogP contribution in [-0.2, 0) is 9.53 Å². The SMILES string of the molecule is CCC1CC(OC(C)C)[C@@]2(C)CC[C@H]3[C@@H](CC[C@H]4NC(=O)CC[C@@]43C)[C@H]12. The van der Waals surface area contributed by atoms with E-state index in [1.807, 2.05) is 0 Å². The van der Waals surface area contributed by atoms with E-state index in [0.29, 0.717) is 29.1 Å². The number of hydrogen-bond acceptors (Lipinski definition) is 2. The van der Waals surface area contributed by atoms with Gasteiger partial charge >= 0.3 is 0 Å². The van der Waals surface area contributed by atoms with E-state index in [1.165, 1.54) is 38.5 Å². The molecule has 1 saturated heterocycles. The summed E-state index contributed by atoms with van der Waals surface area (Å²) in [7, 11) is 0. The fourth-order valence-electron chi connectivity index (χ4n) is 7.89. The van der Waals surface area contributed by atoms with Crippen molar-refractivity contribution in [1.29, 1.82) is 0 Å². The summed E-state index contributed by atoms with van der Waals surface area (Å²) in [6.45, 7) is 11.8. The average molecular weight is 362 g/mol. The van der Waals surface area contributed by atoms with E-state index in [1.54, 1.807) is 0 Å². The van der Waals surface area contributed by atoms with E-state index in [9.17, 15) is 4.79 Å². The molecule has 3 aliphatic carbocycles. The summed E-state index contributed by atoms with van der Waals surface area (Å²) in [4.78, 5) is 12.0. The van der Waals surface area contributed by atoms with Gasteiger partial charge < -0.3 is 10.1 Å². The number of carbonyl (C=O) groups is 1. The number of nitrogens with one attached hydrogen (secondary N) is 1. The smallest absolute Gasteiger partial charge is 0.220 e. The lowest BCUT2D eigenvalue weighted by molar-refractivity contribution is -0.146. The van der Waals surface area contributed by atoms with Crippen molar-refractivity contribution < 1.29 is 9.53 Å². The minimum absolute atomic E-state index is 0.282. The van der Waals surface area contributed by atoms with Gasteiger partial charge in [0, 0.05) is 12.5 Å². The van der Waals surface area contributed by atoms with Crippen molar-refractivity contribution in [3.05, 3.63) is 0 Å². The average Bonchev–Trinajstić information content (AvgIpc) is 2.87. The van der Waals surface area contributed by atoms with Gasteiger partial charge in [0.15, 0.2) is 0 Å². The van der Waals surface area contributed by atoms with Crippen molar-refractivity contribution >= 4 is 5.91 Å². The van der Waals surface area contributed by atoms with Crippen molar-refractivity contribution in [1.82, 2.24) is 5.32 Å². The van der Waals surface area contributed by atoms with Crippen LogP contribution in [0.1, 0.15) is 86.0 Å². The zero-order valence-electron chi connectivity index (χ0n) is 17.5. The Morgan fingerprint density at radius 1 is 1.15 bits per heavy atom. The Hall–Kier alpha value is -0.570. The van der Waals surface area contributed by atoms with Gasteiger partial charge in [-0.05, 0) is 86.9 Å². The number of fused-ring (bicyclic) bond motifs is 5. The molecule has 148 valence electrons. The highest BCUT2D eigenvalue weighted by molar-refractivity contribution is 5.77. The predicted molar refractivity (Wildman–Crippen MR) is 105 cm³/mol. The first-order chi connectivity index (χ1) is 12.3. The summed E-state index contributed by atoms with van der Waals surface area (Å²) in [5.41, 5.74) is 0.667. The highest BCUT2D eigenvalue weighted by Gasteiger charge is 2.63. The maximum atomic E-state index is 12.0. The van der Waals surface area contributed by atoms with Gasteiger partial charge in [-0.1, -0.05) is 27.2 Å². The molecule has 3 nitrogen and oxygen atoms in total. The van der Waals surface area contributed by atoms with Crippen molar-refractivity contribution in [3.8, 4) is 0 Å². The molecule has 0 radical (unpaired) electrons. The topological polar surface area (TPSA) is 38.3 Å². The van der Waals surface area contributed by atoms with E-state index >= 15 is 0 Å². The first-order valence-corrected chi connectivity index (χ1v) is 11.2. The Balaban J connectivity index is 1.63. The molecule has 1 amide bonds. The van der Waals surface area contributed by atoms with Gasteiger partial charge in [-0.2, -0.15) is 0 Å². The van der Waals surface area contributed by atoms with Gasteiger partial charge in [0.05, 0.1) is 12.2 Å². The van der Waals surface area contributed by atoms with Crippen molar-refractivity contribution in [2.24, 2.45) is 34.5 Å². The second-order valence-corrected chi connectivity index (χ2v) is 10.6. The third kappa shape index (κ3) is 2.67. The summed E-state index contributed by atoms with van der Waals surface area (Å²) in [6.07, 6.45) is 10.3. The van der Waals surface area contributed by atoms with E-state index in [0.717, 1.165) is 36.5 Å². The summed E-state index contributed by atoms with van der Waals surface area (Å²) >= 11 is 0. The Labute approximate surface area is 160 Å². The highest BCUT2D eigenvalue weighted by atomic mass is 16.5. The zero-order chi connectivity index (χ0) is 18.7. The molecule has 4 fully saturated rings. The van der Waals surface area contributed by atoms with E-state index in [-0.39, 0.29) is 5.91 Å². The maximum Gasteiger partial charge on any atom is 0.220 e. The number of ether oxygens (including phenoxy) is 1. The molecule has 0 aromatic carbocycles. The highest BCUT2D eigenvalue weighted by Crippen LogP contribution is 2.66. The zero-order valence-corrected chi connectivity index (χ0v) is 17.5. The molecule has 4 rings (SSSR count). The van der Waals surface area contributed by atoms with Crippen LogP contribution in [0.25, 0.3) is 0 Å². The summed E-state index contributed by atoms with van der Waals surface area (Å²) in [5.74, 6) is 3.52. The lowest BCUT2D eigenvalue weighted by atomic mass is 9.46. The number of amides is 1. The molecular formula is C23H39NO2. The van der Waals surface area contributed by atoms with Crippen molar-refractivity contribution in [2.75, 3.05) is 0 Å². The van der Waals surface area contributed by atoms with Crippen LogP contribution in [0.15, 0.2) is 0 Å². The normalized spacial score (nSPS) is 50.8. The van der Waals surface area contributed by atoms with Crippen LogP contribution >= 0.6 is 0 Å². The van der Waals surface area contributed by atoms with E-state index < -0.39 is 0 Å². The van der Waals surface area contributed by atoms with Crippen LogP contribution in [0, 0.1) is 34.5 Å². The van der Waals surface area contributed by atoms with Gasteiger partial charge in [0.1, 0.15) is 0 Å². The predicted octanol–water partition coefficient (Wildman–Crippen LogP) is 4.94. The van der Waals surface area contributed by atoms with Gasteiger partial charge in [-0.3, -0.25) is 4.79 Å². The lowest BCUT2D eigenvalue weighted by Gasteiger charge is -2.60. The van der Waals surface area contributed by atoms with Crippen LogP contribution in [0.2, 0.25) is 0 Å². The Morgan fingerprint density at radius 2 is 1.92 bits per heavy atom. The molecular weight excluding hydrogens is 322 g/mol. The van der Waals surface area contributed by atoms with Crippen LogP contribution in [-0.4, -0.2) is 24.2 Å². The van der Waals surface area contributed by atoms with Gasteiger partial charge in [0.2, 0.25) is 5.91 Å². The fourth-order valence-corrected chi connectivity index (χ4v) is 7.89. The second kappa shape index (κ2) is 6.50. The third-order valence-corrected chi connectivity index (χ3v) is 9.11. The van der Waals surface area contributed by atoms with Crippen molar-refractivity contribution in [3.63, 3.8) is 0 Å². The molecule has 3 heteroatoms. The van der Waals surface area contributed by atoms with Crippen molar-refractivity contribution in [2.45, 2.75) is 104 Å².